The number of sulfone groups is 1. The van der Waals surface area contributed by atoms with Crippen LogP contribution < -0.4 is 5.32 Å². The van der Waals surface area contributed by atoms with E-state index in [0.717, 1.165) is 8.92 Å². The summed E-state index contributed by atoms with van der Waals surface area (Å²) in [7, 11) is -2.93. The smallest absolute Gasteiger partial charge is 0.183 e. The van der Waals surface area contributed by atoms with Gasteiger partial charge in [0.1, 0.15) is 9.84 Å². The van der Waals surface area contributed by atoms with Crippen molar-refractivity contribution in [3.63, 3.8) is 0 Å². The molecule has 1 N–H and O–H groups in total. The minimum absolute atomic E-state index is 0.115. The number of halogens is 1. The lowest BCUT2D eigenvalue weighted by Crippen LogP contribution is -2.24. The number of hydrogen-bond donors (Lipinski definition) is 1. The molecule has 1 aromatic heterocycles. The van der Waals surface area contributed by atoms with Crippen LogP contribution in [-0.2, 0) is 9.84 Å². The van der Waals surface area contributed by atoms with Crippen LogP contribution in [0.15, 0.2) is 9.98 Å². The van der Waals surface area contributed by atoms with Crippen LogP contribution in [0.4, 0.5) is 5.13 Å². The molecule has 1 heterocycles. The van der Waals surface area contributed by atoms with E-state index >= 15 is 0 Å². The quantitative estimate of drug-likeness (QED) is 0.920. The Morgan fingerprint density at radius 3 is 2.79 bits per heavy atom. The number of nitrogens with one attached hydrogen (secondary N) is 1. The zero-order chi connectivity index (χ0) is 10.8. The lowest BCUT2D eigenvalue weighted by atomic mass is 10.4. The highest BCUT2D eigenvalue weighted by Crippen LogP contribution is 2.23. The number of hydrogen-bond acceptors (Lipinski definition) is 5. The van der Waals surface area contributed by atoms with Crippen molar-refractivity contribution in [2.24, 2.45) is 0 Å². The van der Waals surface area contributed by atoms with Gasteiger partial charge >= 0.3 is 0 Å². The van der Waals surface area contributed by atoms with Crippen molar-refractivity contribution >= 4 is 42.2 Å². The van der Waals surface area contributed by atoms with E-state index < -0.39 is 9.84 Å². The molecule has 1 aromatic rings. The summed E-state index contributed by atoms with van der Waals surface area (Å²) in [5, 5.41) is 3.75. The average molecular weight is 299 g/mol. The van der Waals surface area contributed by atoms with Gasteiger partial charge in [0, 0.05) is 12.3 Å². The maximum atomic E-state index is 11.0. The molecule has 1 unspecified atom stereocenters. The largest absolute Gasteiger partial charge is 0.358 e. The van der Waals surface area contributed by atoms with Crippen molar-refractivity contribution in [3.8, 4) is 0 Å². The molecule has 0 aliphatic heterocycles. The van der Waals surface area contributed by atoms with Crippen molar-refractivity contribution in [1.82, 2.24) is 4.98 Å². The van der Waals surface area contributed by atoms with Crippen molar-refractivity contribution in [3.05, 3.63) is 9.98 Å². The molecule has 0 aromatic carbocycles. The molecule has 0 radical (unpaired) electrons. The predicted octanol–water partition coefficient (Wildman–Crippen LogP) is 1.75. The fourth-order valence-electron chi connectivity index (χ4n) is 1.03. The lowest BCUT2D eigenvalue weighted by molar-refractivity contribution is 0.598. The van der Waals surface area contributed by atoms with Gasteiger partial charge in [-0.3, -0.25) is 0 Å². The van der Waals surface area contributed by atoms with E-state index in [-0.39, 0.29) is 11.8 Å². The van der Waals surface area contributed by atoms with Crippen LogP contribution in [0.3, 0.4) is 0 Å². The maximum absolute atomic E-state index is 11.0. The standard InChI is InChI=1S/C7H11BrN2O2S2/c1-5(4-14(2,11)12)10-7-9-3-6(8)13-7/h3,5H,4H2,1-2H3,(H,9,10). The van der Waals surface area contributed by atoms with Gasteiger partial charge in [-0.25, -0.2) is 13.4 Å². The summed E-state index contributed by atoms with van der Waals surface area (Å²) in [5.74, 6) is 0.115. The van der Waals surface area contributed by atoms with Gasteiger partial charge in [-0.2, -0.15) is 0 Å². The first kappa shape index (κ1) is 11.9. The summed E-state index contributed by atoms with van der Waals surface area (Å²) in [6.45, 7) is 1.82. The molecule has 0 aliphatic rings. The summed E-state index contributed by atoms with van der Waals surface area (Å²) in [6, 6.07) is -0.122. The van der Waals surface area contributed by atoms with E-state index in [2.05, 4.69) is 26.2 Å². The molecule has 0 saturated heterocycles. The van der Waals surface area contributed by atoms with Crippen LogP contribution in [0, 0.1) is 0 Å². The second kappa shape index (κ2) is 4.59. The van der Waals surface area contributed by atoms with Crippen LogP contribution in [-0.4, -0.2) is 31.5 Å². The molecule has 14 heavy (non-hydrogen) atoms. The molecule has 0 spiro atoms. The van der Waals surface area contributed by atoms with Crippen LogP contribution in [0.25, 0.3) is 0 Å². The fraction of sp³-hybridized carbons (Fsp3) is 0.571. The average Bonchev–Trinajstić information content (AvgIpc) is 2.30. The molecule has 0 saturated carbocycles. The topological polar surface area (TPSA) is 59.1 Å². The number of rotatable bonds is 4. The summed E-state index contributed by atoms with van der Waals surface area (Å²) in [5.41, 5.74) is 0. The van der Waals surface area contributed by atoms with E-state index in [9.17, 15) is 8.42 Å². The first-order valence-electron chi connectivity index (χ1n) is 3.92. The molecular weight excluding hydrogens is 288 g/mol. The van der Waals surface area contributed by atoms with Gasteiger partial charge in [0.25, 0.3) is 0 Å². The molecule has 80 valence electrons. The number of nitrogens with zero attached hydrogens (tertiary/aromatic N) is 1. The van der Waals surface area contributed by atoms with Crippen molar-refractivity contribution in [2.45, 2.75) is 13.0 Å². The highest BCUT2D eigenvalue weighted by Gasteiger charge is 2.11. The van der Waals surface area contributed by atoms with Crippen LogP contribution in [0.2, 0.25) is 0 Å². The van der Waals surface area contributed by atoms with Crippen molar-refractivity contribution in [2.75, 3.05) is 17.3 Å². The molecule has 0 aliphatic carbocycles. The monoisotopic (exact) mass is 298 g/mol. The molecule has 4 nitrogen and oxygen atoms in total. The Morgan fingerprint density at radius 1 is 1.71 bits per heavy atom. The third-order valence-electron chi connectivity index (χ3n) is 1.40. The SMILES string of the molecule is CC(CS(C)(=O)=O)Nc1ncc(Br)s1. The van der Waals surface area contributed by atoms with E-state index in [1.54, 1.807) is 6.20 Å². The summed E-state index contributed by atoms with van der Waals surface area (Å²) >= 11 is 4.72. The summed E-state index contributed by atoms with van der Waals surface area (Å²) < 4.78 is 22.9. The van der Waals surface area contributed by atoms with E-state index in [4.69, 9.17) is 0 Å². The van der Waals surface area contributed by atoms with Gasteiger partial charge in [-0.1, -0.05) is 11.3 Å². The number of anilines is 1. The minimum Gasteiger partial charge on any atom is -0.358 e. The first-order valence-corrected chi connectivity index (χ1v) is 7.59. The maximum Gasteiger partial charge on any atom is 0.183 e. The van der Waals surface area contributed by atoms with Crippen molar-refractivity contribution < 1.29 is 8.42 Å². The molecular formula is C7H11BrN2O2S2. The van der Waals surface area contributed by atoms with Crippen LogP contribution in [0.5, 0.6) is 0 Å². The van der Waals surface area contributed by atoms with Gasteiger partial charge in [-0.15, -0.1) is 0 Å². The molecule has 0 amide bonds. The van der Waals surface area contributed by atoms with Gasteiger partial charge in [0.15, 0.2) is 5.13 Å². The Morgan fingerprint density at radius 2 is 2.36 bits per heavy atom. The Balaban J connectivity index is 2.53. The van der Waals surface area contributed by atoms with E-state index in [1.165, 1.54) is 17.6 Å². The van der Waals surface area contributed by atoms with Gasteiger partial charge in [-0.05, 0) is 22.9 Å². The highest BCUT2D eigenvalue weighted by atomic mass is 79.9. The van der Waals surface area contributed by atoms with Crippen molar-refractivity contribution in [1.29, 1.82) is 0 Å². The minimum atomic E-state index is -2.93. The van der Waals surface area contributed by atoms with Crippen LogP contribution in [0.1, 0.15) is 6.92 Å². The Kier molecular flexibility index (Phi) is 3.91. The molecule has 0 fully saturated rings. The van der Waals surface area contributed by atoms with Gasteiger partial charge < -0.3 is 5.32 Å². The Bertz CT molecular complexity index is 402. The lowest BCUT2D eigenvalue weighted by Gasteiger charge is -2.10. The zero-order valence-electron chi connectivity index (χ0n) is 7.82. The first-order chi connectivity index (χ1) is 6.37. The summed E-state index contributed by atoms with van der Waals surface area (Å²) in [6.07, 6.45) is 2.91. The number of thiazole rings is 1. The fourth-order valence-corrected chi connectivity index (χ4v) is 3.24. The molecule has 1 rings (SSSR count). The summed E-state index contributed by atoms with van der Waals surface area (Å²) in [4.78, 5) is 4.05. The molecule has 0 bridgehead atoms. The van der Waals surface area contributed by atoms with E-state index in [0.29, 0.717) is 0 Å². The third-order valence-corrected chi connectivity index (χ3v) is 3.91. The molecule has 1 atom stereocenters. The second-order valence-electron chi connectivity index (χ2n) is 3.11. The number of aromatic nitrogens is 1. The highest BCUT2D eigenvalue weighted by molar-refractivity contribution is 9.11. The van der Waals surface area contributed by atoms with Gasteiger partial charge in [0.2, 0.25) is 0 Å². The zero-order valence-corrected chi connectivity index (χ0v) is 11.0. The van der Waals surface area contributed by atoms with Crippen LogP contribution >= 0.6 is 27.3 Å². The predicted molar refractivity (Wildman–Crippen MR) is 62.6 cm³/mol. The normalized spacial score (nSPS) is 13.9. The van der Waals surface area contributed by atoms with E-state index in [1.807, 2.05) is 6.92 Å². The Hall–Kier alpha value is -0.140. The third kappa shape index (κ3) is 4.39. The molecule has 7 heteroatoms. The Labute approximate surface area is 95.8 Å². The van der Waals surface area contributed by atoms with Gasteiger partial charge in [0.05, 0.1) is 15.7 Å². The second-order valence-corrected chi connectivity index (χ2v) is 7.70.